The largest absolute Gasteiger partial charge is 0.396 e. The first kappa shape index (κ1) is 11.0. The molecule has 2 heteroatoms. The number of aliphatic hydroxyl groups is 2. The number of rotatable bonds is 4. The van der Waals surface area contributed by atoms with Crippen LogP contribution in [0, 0.1) is 11.8 Å². The van der Waals surface area contributed by atoms with Crippen LogP contribution in [0.4, 0.5) is 0 Å². The van der Waals surface area contributed by atoms with Crippen molar-refractivity contribution in [1.82, 2.24) is 0 Å². The quantitative estimate of drug-likeness (QED) is 0.704. The maximum Gasteiger partial charge on any atom is 0.0569 e. The lowest BCUT2D eigenvalue weighted by Gasteiger charge is -2.30. The van der Waals surface area contributed by atoms with Crippen LogP contribution in [0.3, 0.4) is 0 Å². The van der Waals surface area contributed by atoms with Gasteiger partial charge in [-0.05, 0) is 37.5 Å². The fourth-order valence-corrected chi connectivity index (χ4v) is 2.37. The van der Waals surface area contributed by atoms with E-state index in [1.807, 2.05) is 0 Å². The summed E-state index contributed by atoms with van der Waals surface area (Å²) < 4.78 is 0. The summed E-state index contributed by atoms with van der Waals surface area (Å²) in [5.74, 6) is 1.28. The minimum atomic E-state index is -0.171. The average Bonchev–Trinajstić information content (AvgIpc) is 2.14. The van der Waals surface area contributed by atoms with Crippen LogP contribution in [0.15, 0.2) is 0 Å². The van der Waals surface area contributed by atoms with Crippen molar-refractivity contribution in [1.29, 1.82) is 0 Å². The molecule has 0 aromatic carbocycles. The summed E-state index contributed by atoms with van der Waals surface area (Å²) in [4.78, 5) is 0. The van der Waals surface area contributed by atoms with E-state index in [0.717, 1.165) is 18.8 Å². The highest BCUT2D eigenvalue weighted by Gasteiger charge is 2.24. The minimum absolute atomic E-state index is 0.171. The predicted molar refractivity (Wildman–Crippen MR) is 53.4 cm³/mol. The Kier molecular flexibility index (Phi) is 4.74. The third-order valence-corrected chi connectivity index (χ3v) is 3.18. The minimum Gasteiger partial charge on any atom is -0.396 e. The van der Waals surface area contributed by atoms with Crippen molar-refractivity contribution in [2.75, 3.05) is 6.61 Å². The summed E-state index contributed by atoms with van der Waals surface area (Å²) in [7, 11) is 0. The topological polar surface area (TPSA) is 40.5 Å². The predicted octanol–water partition coefficient (Wildman–Crippen LogP) is 1.95. The van der Waals surface area contributed by atoms with Gasteiger partial charge in [0.25, 0.3) is 0 Å². The van der Waals surface area contributed by atoms with Crippen LogP contribution >= 0.6 is 0 Å². The van der Waals surface area contributed by atoms with E-state index < -0.39 is 0 Å². The molecule has 1 rings (SSSR count). The molecule has 0 aromatic heterocycles. The second kappa shape index (κ2) is 5.61. The zero-order valence-corrected chi connectivity index (χ0v) is 8.58. The first-order valence-corrected chi connectivity index (χ1v) is 5.53. The van der Waals surface area contributed by atoms with Gasteiger partial charge in [-0.15, -0.1) is 0 Å². The van der Waals surface area contributed by atoms with Gasteiger partial charge in [0.1, 0.15) is 0 Å². The van der Waals surface area contributed by atoms with Gasteiger partial charge in [0, 0.05) is 6.61 Å². The Hall–Kier alpha value is -0.0800. The smallest absolute Gasteiger partial charge is 0.0569 e. The van der Waals surface area contributed by atoms with E-state index in [9.17, 15) is 5.11 Å². The lowest BCUT2D eigenvalue weighted by Crippen LogP contribution is -2.26. The van der Waals surface area contributed by atoms with Gasteiger partial charge >= 0.3 is 0 Å². The molecule has 3 atom stereocenters. The van der Waals surface area contributed by atoms with Crippen LogP contribution in [0.1, 0.15) is 45.4 Å². The molecule has 0 radical (unpaired) electrons. The molecular weight excluding hydrogens is 164 g/mol. The van der Waals surface area contributed by atoms with Crippen LogP contribution in [-0.4, -0.2) is 22.9 Å². The van der Waals surface area contributed by atoms with Crippen LogP contribution in [0.5, 0.6) is 0 Å². The molecule has 13 heavy (non-hydrogen) atoms. The van der Waals surface area contributed by atoms with E-state index in [0.29, 0.717) is 5.92 Å². The molecule has 3 unspecified atom stereocenters. The molecule has 1 aliphatic rings. The zero-order chi connectivity index (χ0) is 9.68. The van der Waals surface area contributed by atoms with Gasteiger partial charge in [-0.2, -0.15) is 0 Å². The molecular formula is C11H22O2. The molecule has 0 heterocycles. The molecule has 2 nitrogen and oxygen atoms in total. The van der Waals surface area contributed by atoms with Crippen LogP contribution in [0.2, 0.25) is 0 Å². The van der Waals surface area contributed by atoms with E-state index in [1.165, 1.54) is 25.7 Å². The summed E-state index contributed by atoms with van der Waals surface area (Å²) in [5, 5.41) is 18.5. The van der Waals surface area contributed by atoms with E-state index in [1.54, 1.807) is 0 Å². The molecule has 0 aliphatic heterocycles. The fraction of sp³-hybridized carbons (Fsp3) is 1.00. The molecule has 1 aliphatic carbocycles. The maximum atomic E-state index is 9.81. The standard InChI is InChI=1S/C11H22O2/c1-9-4-2-5-10(8-9)11(13)6-3-7-12/h9-13H,2-8H2,1H3. The number of aliphatic hydroxyl groups excluding tert-OH is 2. The third-order valence-electron chi connectivity index (χ3n) is 3.18. The Morgan fingerprint density at radius 2 is 2.15 bits per heavy atom. The molecule has 1 fully saturated rings. The van der Waals surface area contributed by atoms with E-state index in [2.05, 4.69) is 6.92 Å². The SMILES string of the molecule is CC1CCCC(C(O)CCCO)C1. The highest BCUT2D eigenvalue weighted by atomic mass is 16.3. The zero-order valence-electron chi connectivity index (χ0n) is 8.58. The molecule has 1 saturated carbocycles. The van der Waals surface area contributed by atoms with Crippen molar-refractivity contribution in [2.24, 2.45) is 11.8 Å². The van der Waals surface area contributed by atoms with E-state index in [-0.39, 0.29) is 12.7 Å². The highest BCUT2D eigenvalue weighted by molar-refractivity contribution is 4.76. The lowest BCUT2D eigenvalue weighted by molar-refractivity contribution is 0.0590. The van der Waals surface area contributed by atoms with Crippen LogP contribution in [0.25, 0.3) is 0 Å². The third kappa shape index (κ3) is 3.65. The van der Waals surface area contributed by atoms with Crippen LogP contribution in [-0.2, 0) is 0 Å². The summed E-state index contributed by atoms with van der Waals surface area (Å²) in [6.45, 7) is 2.48. The number of hydrogen-bond donors (Lipinski definition) is 2. The molecule has 0 spiro atoms. The summed E-state index contributed by atoms with van der Waals surface area (Å²) in [6.07, 6.45) is 6.28. The van der Waals surface area contributed by atoms with Gasteiger partial charge in [0.05, 0.1) is 6.10 Å². The Bertz CT molecular complexity index is 136. The summed E-state index contributed by atoms with van der Waals surface area (Å²) in [6, 6.07) is 0. The molecule has 0 saturated heterocycles. The van der Waals surface area contributed by atoms with Crippen molar-refractivity contribution < 1.29 is 10.2 Å². The van der Waals surface area contributed by atoms with Crippen molar-refractivity contribution >= 4 is 0 Å². The van der Waals surface area contributed by atoms with Crippen molar-refractivity contribution in [3.8, 4) is 0 Å². The second-order valence-electron chi connectivity index (χ2n) is 4.47. The van der Waals surface area contributed by atoms with E-state index in [4.69, 9.17) is 5.11 Å². The monoisotopic (exact) mass is 186 g/mol. The highest BCUT2D eigenvalue weighted by Crippen LogP contribution is 2.31. The normalized spacial score (nSPS) is 31.6. The van der Waals surface area contributed by atoms with Crippen molar-refractivity contribution in [2.45, 2.75) is 51.6 Å². The van der Waals surface area contributed by atoms with Crippen molar-refractivity contribution in [3.63, 3.8) is 0 Å². The summed E-state index contributed by atoms with van der Waals surface area (Å²) in [5.41, 5.74) is 0. The average molecular weight is 186 g/mol. The van der Waals surface area contributed by atoms with Gasteiger partial charge < -0.3 is 10.2 Å². The lowest BCUT2D eigenvalue weighted by atomic mass is 9.78. The van der Waals surface area contributed by atoms with E-state index >= 15 is 0 Å². The molecule has 0 bridgehead atoms. The van der Waals surface area contributed by atoms with Crippen molar-refractivity contribution in [3.05, 3.63) is 0 Å². The Morgan fingerprint density at radius 1 is 1.38 bits per heavy atom. The first-order valence-electron chi connectivity index (χ1n) is 5.53. The van der Waals surface area contributed by atoms with Gasteiger partial charge in [-0.3, -0.25) is 0 Å². The van der Waals surface area contributed by atoms with Crippen LogP contribution < -0.4 is 0 Å². The van der Waals surface area contributed by atoms with Gasteiger partial charge in [-0.1, -0.05) is 19.8 Å². The molecule has 0 amide bonds. The number of hydrogen-bond acceptors (Lipinski definition) is 2. The van der Waals surface area contributed by atoms with Gasteiger partial charge in [0.2, 0.25) is 0 Å². The van der Waals surface area contributed by atoms with Gasteiger partial charge in [-0.25, -0.2) is 0 Å². The maximum absolute atomic E-state index is 9.81. The molecule has 78 valence electrons. The van der Waals surface area contributed by atoms with Gasteiger partial charge in [0.15, 0.2) is 0 Å². The Morgan fingerprint density at radius 3 is 2.77 bits per heavy atom. The second-order valence-corrected chi connectivity index (χ2v) is 4.47. The Labute approximate surface area is 81.0 Å². The summed E-state index contributed by atoms with van der Waals surface area (Å²) >= 11 is 0. The molecule has 2 N–H and O–H groups in total. The molecule has 0 aromatic rings. The Balaban J connectivity index is 2.24. The fourth-order valence-electron chi connectivity index (χ4n) is 2.37. The first-order chi connectivity index (χ1) is 6.24.